The maximum Gasteiger partial charge on any atom is 0.239 e. The zero-order valence-electron chi connectivity index (χ0n) is 15.1. The highest BCUT2D eigenvalue weighted by molar-refractivity contribution is 5.81. The van der Waals surface area contributed by atoms with E-state index in [0.717, 1.165) is 25.9 Å². The summed E-state index contributed by atoms with van der Waals surface area (Å²) in [6.07, 6.45) is 2.27. The number of likely N-dealkylation sites (tertiary alicyclic amines) is 1. The first-order chi connectivity index (χ1) is 11.4. The molecule has 2 fully saturated rings. The molecule has 0 saturated carbocycles. The van der Waals surface area contributed by atoms with Crippen molar-refractivity contribution in [2.45, 2.75) is 64.7 Å². The third kappa shape index (κ3) is 3.78. The van der Waals surface area contributed by atoms with E-state index in [1.165, 1.54) is 0 Å². The van der Waals surface area contributed by atoms with E-state index in [4.69, 9.17) is 9.26 Å². The van der Waals surface area contributed by atoms with Gasteiger partial charge < -0.3 is 14.2 Å². The summed E-state index contributed by atoms with van der Waals surface area (Å²) in [4.78, 5) is 21.5. The maximum atomic E-state index is 12.9. The number of aromatic nitrogens is 2. The van der Waals surface area contributed by atoms with Gasteiger partial charge in [-0.15, -0.1) is 0 Å². The Morgan fingerprint density at radius 2 is 1.96 bits per heavy atom. The highest BCUT2D eigenvalue weighted by Crippen LogP contribution is 2.27. The van der Waals surface area contributed by atoms with Crippen molar-refractivity contribution in [3.63, 3.8) is 0 Å². The van der Waals surface area contributed by atoms with Gasteiger partial charge >= 0.3 is 0 Å². The van der Waals surface area contributed by atoms with Crippen LogP contribution in [0.4, 0.5) is 0 Å². The van der Waals surface area contributed by atoms with E-state index in [-0.39, 0.29) is 30.1 Å². The lowest BCUT2D eigenvalue weighted by atomic mass is 9.96. The Balaban J connectivity index is 1.63. The Labute approximate surface area is 143 Å². The summed E-state index contributed by atoms with van der Waals surface area (Å²) in [5.41, 5.74) is 0. The Hall–Kier alpha value is -1.47. The number of carbonyl (C=O) groups is 1. The van der Waals surface area contributed by atoms with Crippen LogP contribution >= 0.6 is 0 Å². The largest absolute Gasteiger partial charge is 0.372 e. The molecule has 7 nitrogen and oxygen atoms in total. The van der Waals surface area contributed by atoms with E-state index >= 15 is 0 Å². The number of ether oxygens (including phenoxy) is 1. The highest BCUT2D eigenvalue weighted by atomic mass is 16.5. The predicted molar refractivity (Wildman–Crippen MR) is 88.6 cm³/mol. The molecular formula is C17H28N4O3. The Morgan fingerprint density at radius 3 is 2.58 bits per heavy atom. The van der Waals surface area contributed by atoms with E-state index in [2.05, 4.69) is 15.0 Å². The minimum atomic E-state index is -0.130. The Morgan fingerprint density at radius 1 is 1.25 bits per heavy atom. The fourth-order valence-corrected chi connectivity index (χ4v) is 3.82. The third-order valence-electron chi connectivity index (χ3n) is 4.98. The summed E-state index contributed by atoms with van der Waals surface area (Å²) in [7, 11) is 0. The number of aryl methyl sites for hydroxylation is 1. The van der Waals surface area contributed by atoms with Gasteiger partial charge in [0.2, 0.25) is 11.8 Å². The number of hydrogen-bond donors (Lipinski definition) is 0. The number of amides is 1. The van der Waals surface area contributed by atoms with Gasteiger partial charge in [0.1, 0.15) is 0 Å². The first kappa shape index (κ1) is 17.4. The summed E-state index contributed by atoms with van der Waals surface area (Å²) in [6.45, 7) is 11.0. The second-order valence-corrected chi connectivity index (χ2v) is 7.19. The molecule has 3 heterocycles. The molecule has 2 aliphatic heterocycles. The van der Waals surface area contributed by atoms with Gasteiger partial charge in [-0.3, -0.25) is 9.69 Å². The maximum absolute atomic E-state index is 12.9. The van der Waals surface area contributed by atoms with Gasteiger partial charge in [0.15, 0.2) is 5.82 Å². The standard InChI is InChI=1S/C17H28N4O3/c1-11-8-21(9-12(2)23-11)17(22)13(3)20-7-5-6-15(10-20)16-18-14(4)19-24-16/h11-13,15H,5-10H2,1-4H3/t11-,12-,13+,15+/m0/s1. The Bertz CT molecular complexity index is 566. The molecule has 2 saturated heterocycles. The molecule has 134 valence electrons. The van der Waals surface area contributed by atoms with Gasteiger partial charge in [0.05, 0.1) is 24.2 Å². The zero-order valence-corrected chi connectivity index (χ0v) is 15.1. The van der Waals surface area contributed by atoms with Gasteiger partial charge in [-0.1, -0.05) is 5.16 Å². The normalized spacial score (nSPS) is 30.3. The van der Waals surface area contributed by atoms with E-state index in [1.54, 1.807) is 0 Å². The summed E-state index contributed by atoms with van der Waals surface area (Å²) >= 11 is 0. The minimum absolute atomic E-state index is 0.0976. The molecule has 1 amide bonds. The molecule has 24 heavy (non-hydrogen) atoms. The van der Waals surface area contributed by atoms with Crippen LogP contribution in [0.25, 0.3) is 0 Å². The number of nitrogens with zero attached hydrogens (tertiary/aromatic N) is 4. The first-order valence-corrected chi connectivity index (χ1v) is 8.92. The van der Waals surface area contributed by atoms with E-state index < -0.39 is 0 Å². The molecule has 0 spiro atoms. The van der Waals surface area contributed by atoms with Gasteiger partial charge in [-0.25, -0.2) is 0 Å². The second kappa shape index (κ2) is 7.19. The van der Waals surface area contributed by atoms with Crippen molar-refractivity contribution in [1.82, 2.24) is 19.9 Å². The van der Waals surface area contributed by atoms with Crippen molar-refractivity contribution in [2.24, 2.45) is 0 Å². The molecular weight excluding hydrogens is 308 g/mol. The second-order valence-electron chi connectivity index (χ2n) is 7.19. The van der Waals surface area contributed by atoms with Crippen molar-refractivity contribution in [3.05, 3.63) is 11.7 Å². The van der Waals surface area contributed by atoms with Gasteiger partial charge in [-0.2, -0.15) is 4.98 Å². The summed E-state index contributed by atoms with van der Waals surface area (Å²) in [6, 6.07) is -0.130. The average Bonchev–Trinajstić information content (AvgIpc) is 2.99. The summed E-state index contributed by atoms with van der Waals surface area (Å²) < 4.78 is 11.1. The van der Waals surface area contributed by atoms with Crippen molar-refractivity contribution >= 4 is 5.91 Å². The lowest BCUT2D eigenvalue weighted by Gasteiger charge is -2.40. The number of piperidine rings is 1. The Kier molecular flexibility index (Phi) is 5.20. The SMILES string of the molecule is Cc1noc([C@@H]2CCCN([C@H](C)C(=O)N3C[C@H](C)O[C@@H](C)C3)C2)n1. The molecule has 7 heteroatoms. The smallest absolute Gasteiger partial charge is 0.239 e. The lowest BCUT2D eigenvalue weighted by molar-refractivity contribution is -0.148. The molecule has 0 N–H and O–H groups in total. The molecule has 0 bridgehead atoms. The van der Waals surface area contributed by atoms with Crippen LogP contribution in [0.15, 0.2) is 4.52 Å². The molecule has 0 unspecified atom stereocenters. The fraction of sp³-hybridized carbons (Fsp3) is 0.824. The molecule has 1 aromatic heterocycles. The highest BCUT2D eigenvalue weighted by Gasteiger charge is 2.34. The van der Waals surface area contributed by atoms with Crippen LogP contribution in [-0.2, 0) is 9.53 Å². The lowest BCUT2D eigenvalue weighted by Crippen LogP contribution is -2.55. The van der Waals surface area contributed by atoms with Gasteiger partial charge in [0.25, 0.3) is 0 Å². The molecule has 1 aromatic rings. The average molecular weight is 336 g/mol. The molecule has 2 aliphatic rings. The summed E-state index contributed by atoms with van der Waals surface area (Å²) in [5.74, 6) is 1.78. The number of carbonyl (C=O) groups excluding carboxylic acids is 1. The van der Waals surface area contributed by atoms with Crippen LogP contribution in [0.2, 0.25) is 0 Å². The molecule has 0 aromatic carbocycles. The minimum Gasteiger partial charge on any atom is -0.372 e. The molecule has 0 aliphatic carbocycles. The number of hydrogen-bond acceptors (Lipinski definition) is 6. The topological polar surface area (TPSA) is 71.7 Å². The fourth-order valence-electron chi connectivity index (χ4n) is 3.82. The molecule has 4 atom stereocenters. The van der Waals surface area contributed by atoms with Gasteiger partial charge in [-0.05, 0) is 47.1 Å². The first-order valence-electron chi connectivity index (χ1n) is 8.92. The van der Waals surface area contributed by atoms with E-state index in [9.17, 15) is 4.79 Å². The van der Waals surface area contributed by atoms with Crippen LogP contribution in [0.3, 0.4) is 0 Å². The van der Waals surface area contributed by atoms with E-state index in [1.807, 2.05) is 32.6 Å². The van der Waals surface area contributed by atoms with Crippen LogP contribution < -0.4 is 0 Å². The van der Waals surface area contributed by atoms with Crippen LogP contribution in [-0.4, -0.2) is 70.3 Å². The zero-order chi connectivity index (χ0) is 17.3. The van der Waals surface area contributed by atoms with Crippen LogP contribution in [0.1, 0.15) is 51.2 Å². The predicted octanol–water partition coefficient (Wildman–Crippen LogP) is 1.58. The van der Waals surface area contributed by atoms with Gasteiger partial charge in [0, 0.05) is 19.6 Å². The van der Waals surface area contributed by atoms with Crippen LogP contribution in [0, 0.1) is 6.92 Å². The van der Waals surface area contributed by atoms with E-state index in [0.29, 0.717) is 24.8 Å². The van der Waals surface area contributed by atoms with Crippen molar-refractivity contribution in [3.8, 4) is 0 Å². The van der Waals surface area contributed by atoms with Crippen molar-refractivity contribution in [2.75, 3.05) is 26.2 Å². The number of rotatable bonds is 3. The monoisotopic (exact) mass is 336 g/mol. The third-order valence-corrected chi connectivity index (χ3v) is 4.98. The summed E-state index contributed by atoms with van der Waals surface area (Å²) in [5, 5.41) is 3.89. The van der Waals surface area contributed by atoms with Crippen molar-refractivity contribution < 1.29 is 14.1 Å². The molecule has 3 rings (SSSR count). The molecule has 0 radical (unpaired) electrons. The quantitative estimate of drug-likeness (QED) is 0.834. The van der Waals surface area contributed by atoms with Crippen LogP contribution in [0.5, 0.6) is 0 Å². The number of morpholine rings is 1. The van der Waals surface area contributed by atoms with Crippen molar-refractivity contribution in [1.29, 1.82) is 0 Å².